The Labute approximate surface area is 124 Å². The molecule has 0 bridgehead atoms. The summed E-state index contributed by atoms with van der Waals surface area (Å²) in [4.78, 5) is 11.8. The Balaban J connectivity index is 1.99. The molecule has 0 fully saturated rings. The fourth-order valence-corrected chi connectivity index (χ4v) is 2.04. The lowest BCUT2D eigenvalue weighted by molar-refractivity contribution is -0.116. The first-order valence-electron chi connectivity index (χ1n) is 5.63. The largest absolute Gasteiger partial charge is 0.323 e. The normalized spacial score (nSPS) is 10.1. The summed E-state index contributed by atoms with van der Waals surface area (Å²) in [7, 11) is 0. The predicted molar refractivity (Wildman–Crippen MR) is 74.4 cm³/mol. The maximum atomic E-state index is 11.8. The van der Waals surface area contributed by atoms with E-state index in [0.29, 0.717) is 22.3 Å². The maximum absolute atomic E-state index is 11.8. The summed E-state index contributed by atoms with van der Waals surface area (Å²) in [6, 6.07) is 6.84. The molecule has 0 spiro atoms. The summed E-state index contributed by atoms with van der Waals surface area (Å²) in [5.41, 5.74) is 0.380. The molecule has 1 aromatic carbocycles. The fraction of sp³-hybridized carbons (Fsp3) is 0.167. The zero-order valence-electron chi connectivity index (χ0n) is 10.2. The molecule has 0 atom stereocenters. The second kappa shape index (κ2) is 6.37. The molecule has 0 aliphatic heterocycles. The fourth-order valence-electron chi connectivity index (χ4n) is 1.55. The zero-order chi connectivity index (χ0) is 14.5. The lowest BCUT2D eigenvalue weighted by Crippen LogP contribution is -2.15. The number of anilines is 1. The van der Waals surface area contributed by atoms with Gasteiger partial charge >= 0.3 is 0 Å². The van der Waals surface area contributed by atoms with Gasteiger partial charge in [-0.1, -0.05) is 29.3 Å². The molecule has 1 heterocycles. The molecule has 6 nitrogen and oxygen atoms in total. The van der Waals surface area contributed by atoms with E-state index in [1.54, 1.807) is 18.2 Å². The van der Waals surface area contributed by atoms with E-state index in [0.717, 1.165) is 0 Å². The van der Waals surface area contributed by atoms with Crippen molar-refractivity contribution in [3.63, 3.8) is 0 Å². The van der Waals surface area contributed by atoms with Crippen molar-refractivity contribution in [1.82, 2.24) is 14.8 Å². The second-order valence-electron chi connectivity index (χ2n) is 3.85. The van der Waals surface area contributed by atoms with Crippen molar-refractivity contribution in [2.75, 3.05) is 5.32 Å². The van der Waals surface area contributed by atoms with Gasteiger partial charge in [0.2, 0.25) is 11.7 Å². The smallest absolute Gasteiger partial charge is 0.234 e. The number of nitrogens with zero attached hydrogens (tertiary/aromatic N) is 4. The third kappa shape index (κ3) is 3.26. The van der Waals surface area contributed by atoms with Gasteiger partial charge in [-0.3, -0.25) is 4.79 Å². The number of hydrogen-bond donors (Lipinski definition) is 1. The van der Waals surface area contributed by atoms with Crippen LogP contribution in [-0.4, -0.2) is 20.7 Å². The van der Waals surface area contributed by atoms with Crippen molar-refractivity contribution in [2.45, 2.75) is 13.0 Å². The number of aryl methyl sites for hydroxylation is 1. The number of amides is 1. The topological polar surface area (TPSA) is 83.6 Å². The van der Waals surface area contributed by atoms with Crippen LogP contribution in [0.3, 0.4) is 0 Å². The quantitative estimate of drug-likeness (QED) is 0.940. The number of nitrogens with one attached hydrogen (secondary N) is 1. The van der Waals surface area contributed by atoms with Crippen LogP contribution in [-0.2, 0) is 11.3 Å². The van der Waals surface area contributed by atoms with Gasteiger partial charge in [-0.05, 0) is 12.1 Å². The highest BCUT2D eigenvalue weighted by atomic mass is 35.5. The highest BCUT2D eigenvalue weighted by Gasteiger charge is 2.10. The Morgan fingerprint density at radius 3 is 2.75 bits per heavy atom. The number of carbonyl (C=O) groups is 1. The van der Waals surface area contributed by atoms with Crippen molar-refractivity contribution < 1.29 is 4.79 Å². The van der Waals surface area contributed by atoms with Crippen LogP contribution in [0.1, 0.15) is 12.2 Å². The van der Waals surface area contributed by atoms with Crippen LogP contribution >= 0.6 is 23.2 Å². The number of benzene rings is 1. The standard InChI is InChI=1S/C12H9Cl2N5O/c13-8-2-1-3-9(14)12(8)17-11(20)4-5-19-7-16-18-10(19)6-15/h1-3,7H,4-5H2,(H,17,20). The molecule has 0 aliphatic rings. The van der Waals surface area contributed by atoms with Gasteiger partial charge in [0.1, 0.15) is 12.4 Å². The number of aromatic nitrogens is 3. The Hall–Kier alpha value is -2.10. The predicted octanol–water partition coefficient (Wildman–Crippen LogP) is 2.49. The molecule has 1 amide bonds. The lowest BCUT2D eigenvalue weighted by atomic mass is 10.3. The number of para-hydroxylation sites is 1. The first-order chi connectivity index (χ1) is 9.61. The summed E-state index contributed by atoms with van der Waals surface area (Å²) in [6.45, 7) is 0.295. The number of rotatable bonds is 4. The molecule has 1 aromatic heterocycles. The van der Waals surface area contributed by atoms with Crippen molar-refractivity contribution in [3.8, 4) is 6.07 Å². The third-order valence-electron chi connectivity index (χ3n) is 2.52. The molecule has 0 saturated carbocycles. The Morgan fingerprint density at radius 1 is 1.40 bits per heavy atom. The van der Waals surface area contributed by atoms with Crippen molar-refractivity contribution in [2.24, 2.45) is 0 Å². The molecule has 0 unspecified atom stereocenters. The molecular formula is C12H9Cl2N5O. The van der Waals surface area contributed by atoms with Crippen molar-refractivity contribution >= 4 is 34.8 Å². The number of hydrogen-bond acceptors (Lipinski definition) is 4. The van der Waals surface area contributed by atoms with E-state index >= 15 is 0 Å². The van der Waals surface area contributed by atoms with Crippen LogP contribution in [0.25, 0.3) is 0 Å². The number of nitriles is 1. The minimum Gasteiger partial charge on any atom is -0.323 e. The van der Waals surface area contributed by atoms with E-state index in [1.807, 2.05) is 6.07 Å². The third-order valence-corrected chi connectivity index (χ3v) is 3.15. The zero-order valence-corrected chi connectivity index (χ0v) is 11.7. The Bertz CT molecular complexity index is 656. The van der Waals surface area contributed by atoms with Gasteiger partial charge in [0.05, 0.1) is 15.7 Å². The minimum atomic E-state index is -0.266. The van der Waals surface area contributed by atoms with Crippen molar-refractivity contribution in [3.05, 3.63) is 40.4 Å². The SMILES string of the molecule is N#Cc1nncn1CCC(=O)Nc1c(Cl)cccc1Cl. The van der Waals surface area contributed by atoms with Gasteiger partial charge in [0, 0.05) is 13.0 Å². The Kier molecular flexibility index (Phi) is 4.56. The molecule has 1 N–H and O–H groups in total. The molecule has 2 rings (SSSR count). The maximum Gasteiger partial charge on any atom is 0.234 e. The van der Waals surface area contributed by atoms with Crippen LogP contribution in [0, 0.1) is 11.3 Å². The first-order valence-corrected chi connectivity index (χ1v) is 6.39. The first kappa shape index (κ1) is 14.3. The summed E-state index contributed by atoms with van der Waals surface area (Å²) >= 11 is 11.9. The number of halogens is 2. The summed E-state index contributed by atoms with van der Waals surface area (Å²) < 4.78 is 1.49. The van der Waals surface area contributed by atoms with Crippen LogP contribution < -0.4 is 5.32 Å². The minimum absolute atomic E-state index is 0.147. The average Bonchev–Trinajstić information content (AvgIpc) is 2.88. The molecular weight excluding hydrogens is 301 g/mol. The highest BCUT2D eigenvalue weighted by molar-refractivity contribution is 6.39. The van der Waals surface area contributed by atoms with E-state index in [9.17, 15) is 4.79 Å². The van der Waals surface area contributed by atoms with E-state index in [-0.39, 0.29) is 18.2 Å². The monoisotopic (exact) mass is 309 g/mol. The molecule has 102 valence electrons. The van der Waals surface area contributed by atoms with Gasteiger partial charge in [-0.25, -0.2) is 0 Å². The Morgan fingerprint density at radius 2 is 2.10 bits per heavy atom. The van der Waals surface area contributed by atoms with Gasteiger partial charge in [0.15, 0.2) is 0 Å². The summed E-state index contributed by atoms with van der Waals surface area (Å²) in [5, 5.41) is 19.3. The summed E-state index contributed by atoms with van der Waals surface area (Å²) in [6.07, 6.45) is 1.54. The average molecular weight is 310 g/mol. The van der Waals surface area contributed by atoms with Crippen LogP contribution in [0.5, 0.6) is 0 Å². The summed E-state index contributed by atoms with van der Waals surface area (Å²) in [5.74, 6) is -0.105. The van der Waals surface area contributed by atoms with E-state index < -0.39 is 0 Å². The second-order valence-corrected chi connectivity index (χ2v) is 4.67. The van der Waals surface area contributed by atoms with Gasteiger partial charge in [-0.2, -0.15) is 5.26 Å². The molecule has 0 saturated heterocycles. The van der Waals surface area contributed by atoms with E-state index in [2.05, 4.69) is 15.5 Å². The molecule has 2 aromatic rings. The molecule has 20 heavy (non-hydrogen) atoms. The van der Waals surface area contributed by atoms with Gasteiger partial charge in [-0.15, -0.1) is 10.2 Å². The van der Waals surface area contributed by atoms with E-state index in [4.69, 9.17) is 28.5 Å². The van der Waals surface area contributed by atoms with Crippen LogP contribution in [0.2, 0.25) is 10.0 Å². The van der Waals surface area contributed by atoms with Crippen LogP contribution in [0.15, 0.2) is 24.5 Å². The van der Waals surface area contributed by atoms with E-state index in [1.165, 1.54) is 10.9 Å². The molecule has 0 aliphatic carbocycles. The molecule has 0 radical (unpaired) electrons. The number of carbonyl (C=O) groups excluding carboxylic acids is 1. The van der Waals surface area contributed by atoms with Gasteiger partial charge in [0.25, 0.3) is 0 Å². The van der Waals surface area contributed by atoms with Gasteiger partial charge < -0.3 is 9.88 Å². The molecule has 8 heteroatoms. The lowest BCUT2D eigenvalue weighted by Gasteiger charge is -2.09. The van der Waals surface area contributed by atoms with Crippen molar-refractivity contribution in [1.29, 1.82) is 5.26 Å². The van der Waals surface area contributed by atoms with Crippen LogP contribution in [0.4, 0.5) is 5.69 Å². The highest BCUT2D eigenvalue weighted by Crippen LogP contribution is 2.29.